The topological polar surface area (TPSA) is 37.8 Å². The van der Waals surface area contributed by atoms with Crippen LogP contribution in [0.1, 0.15) is 11.4 Å². The van der Waals surface area contributed by atoms with Gasteiger partial charge in [0.15, 0.2) is 0 Å². The van der Waals surface area contributed by atoms with Gasteiger partial charge in [0.05, 0.1) is 12.2 Å². The molecule has 0 aliphatic rings. The number of halogens is 2. The zero-order chi connectivity index (χ0) is 12.3. The summed E-state index contributed by atoms with van der Waals surface area (Å²) < 4.78 is 2.06. The first-order valence-electron chi connectivity index (χ1n) is 5.12. The van der Waals surface area contributed by atoms with Crippen LogP contribution in [-0.2, 0) is 6.54 Å². The average Bonchev–Trinajstić information content (AvgIpc) is 2.29. The van der Waals surface area contributed by atoms with Gasteiger partial charge in [-0.15, -0.1) is 0 Å². The molecule has 1 aromatic carbocycles. The molecule has 0 fully saturated rings. The lowest BCUT2D eigenvalue weighted by Gasteiger charge is -2.11. The Bertz CT molecular complexity index is 491. The van der Waals surface area contributed by atoms with E-state index < -0.39 is 0 Å². The molecule has 1 N–H and O–H groups in total. The molecule has 0 atom stereocenters. The second-order valence-corrected chi connectivity index (χ2v) is 5.33. The van der Waals surface area contributed by atoms with Gasteiger partial charge in [0.25, 0.3) is 0 Å². The van der Waals surface area contributed by atoms with Crippen molar-refractivity contribution in [2.24, 2.45) is 0 Å². The lowest BCUT2D eigenvalue weighted by atomic mass is 10.2. The molecule has 17 heavy (non-hydrogen) atoms. The Labute approximate surface area is 117 Å². The number of hydrogen-bond donors (Lipinski definition) is 1. The number of rotatable bonds is 3. The predicted molar refractivity (Wildman–Crippen MR) is 75.9 cm³/mol. The van der Waals surface area contributed by atoms with Gasteiger partial charge in [-0.1, -0.05) is 0 Å². The Morgan fingerprint density at radius 3 is 2.29 bits per heavy atom. The summed E-state index contributed by atoms with van der Waals surface area (Å²) in [5.41, 5.74) is 2.22. The van der Waals surface area contributed by atoms with Crippen LogP contribution in [0.25, 0.3) is 0 Å². The highest BCUT2D eigenvalue weighted by Crippen LogP contribution is 2.32. The minimum atomic E-state index is 0.598. The quantitative estimate of drug-likeness (QED) is 0.905. The largest absolute Gasteiger partial charge is 0.376 e. The van der Waals surface area contributed by atoms with Crippen molar-refractivity contribution in [3.63, 3.8) is 0 Å². The molecule has 0 bridgehead atoms. The third-order valence-corrected chi connectivity index (χ3v) is 3.48. The van der Waals surface area contributed by atoms with E-state index in [1.54, 1.807) is 18.5 Å². The van der Waals surface area contributed by atoms with Crippen molar-refractivity contribution < 1.29 is 0 Å². The molecule has 88 valence electrons. The zero-order valence-corrected chi connectivity index (χ0v) is 12.4. The first kappa shape index (κ1) is 12.5. The molecule has 0 radical (unpaired) electrons. The molecule has 3 nitrogen and oxygen atoms in total. The number of anilines is 1. The van der Waals surface area contributed by atoms with Crippen LogP contribution in [0.5, 0.6) is 0 Å². The second kappa shape index (κ2) is 5.60. The number of benzene rings is 1. The maximum atomic E-state index is 4.17. The van der Waals surface area contributed by atoms with E-state index in [0.717, 1.165) is 20.5 Å². The van der Waals surface area contributed by atoms with Crippen LogP contribution >= 0.6 is 31.9 Å². The van der Waals surface area contributed by atoms with Crippen molar-refractivity contribution >= 4 is 37.5 Å². The van der Waals surface area contributed by atoms with Crippen molar-refractivity contribution in [3.8, 4) is 0 Å². The van der Waals surface area contributed by atoms with Crippen LogP contribution in [-0.4, -0.2) is 9.97 Å². The number of aromatic nitrogens is 2. The fraction of sp³-hybridized carbons (Fsp3) is 0.167. The number of hydrogen-bond acceptors (Lipinski definition) is 3. The first-order valence-corrected chi connectivity index (χ1v) is 6.71. The lowest BCUT2D eigenvalue weighted by Crippen LogP contribution is -2.04. The van der Waals surface area contributed by atoms with E-state index in [1.165, 1.54) is 5.56 Å². The summed E-state index contributed by atoms with van der Waals surface area (Å²) in [6.07, 6.45) is 3.48. The highest BCUT2D eigenvalue weighted by atomic mass is 79.9. The fourth-order valence-corrected chi connectivity index (χ4v) is 3.15. The highest BCUT2D eigenvalue weighted by Gasteiger charge is 2.06. The van der Waals surface area contributed by atoms with Gasteiger partial charge in [-0.2, -0.15) is 0 Å². The van der Waals surface area contributed by atoms with Crippen LogP contribution in [0.2, 0.25) is 0 Å². The van der Waals surface area contributed by atoms with Crippen molar-refractivity contribution in [2.75, 3.05) is 5.32 Å². The monoisotopic (exact) mass is 355 g/mol. The average molecular weight is 357 g/mol. The van der Waals surface area contributed by atoms with Crippen molar-refractivity contribution in [2.45, 2.75) is 13.5 Å². The van der Waals surface area contributed by atoms with Gasteiger partial charge in [0.2, 0.25) is 0 Å². The third kappa shape index (κ3) is 3.26. The Kier molecular flexibility index (Phi) is 4.12. The molecular formula is C12H11Br2N3. The molecule has 1 aromatic heterocycles. The Morgan fingerprint density at radius 1 is 1.12 bits per heavy atom. The van der Waals surface area contributed by atoms with E-state index in [1.807, 2.05) is 0 Å². The molecule has 2 aromatic rings. The number of nitrogens with one attached hydrogen (secondary N) is 1. The van der Waals surface area contributed by atoms with Gasteiger partial charge >= 0.3 is 0 Å². The van der Waals surface area contributed by atoms with Crippen LogP contribution < -0.4 is 5.32 Å². The predicted octanol–water partition coefficient (Wildman–Crippen LogP) is 3.92. The van der Waals surface area contributed by atoms with Crippen LogP contribution in [0.4, 0.5) is 5.69 Å². The summed E-state index contributed by atoms with van der Waals surface area (Å²) >= 11 is 7.08. The van der Waals surface area contributed by atoms with Gasteiger partial charge in [-0.25, -0.2) is 9.97 Å². The maximum absolute atomic E-state index is 4.17. The molecular weight excluding hydrogens is 346 g/mol. The van der Waals surface area contributed by atoms with E-state index in [2.05, 4.69) is 66.2 Å². The van der Waals surface area contributed by atoms with Crippen molar-refractivity contribution in [3.05, 3.63) is 50.9 Å². The molecule has 0 saturated carbocycles. The van der Waals surface area contributed by atoms with Crippen LogP contribution in [0.15, 0.2) is 39.5 Å². The van der Waals surface area contributed by atoms with E-state index in [0.29, 0.717) is 6.54 Å². The minimum Gasteiger partial charge on any atom is -0.376 e. The van der Waals surface area contributed by atoms with Crippen LogP contribution in [0.3, 0.4) is 0 Å². The summed E-state index contributed by atoms with van der Waals surface area (Å²) in [4.78, 5) is 8.33. The fourth-order valence-electron chi connectivity index (χ4n) is 1.46. The van der Waals surface area contributed by atoms with Gasteiger partial charge in [-0.05, 0) is 62.5 Å². The molecule has 5 heteroatoms. The van der Waals surface area contributed by atoms with Crippen molar-refractivity contribution in [1.29, 1.82) is 0 Å². The van der Waals surface area contributed by atoms with Gasteiger partial charge in [0, 0.05) is 21.3 Å². The maximum Gasteiger partial charge on any atom is 0.147 e. The minimum absolute atomic E-state index is 0.598. The highest BCUT2D eigenvalue weighted by molar-refractivity contribution is 9.11. The van der Waals surface area contributed by atoms with Crippen LogP contribution in [0, 0.1) is 6.92 Å². The zero-order valence-electron chi connectivity index (χ0n) is 9.24. The summed E-state index contributed by atoms with van der Waals surface area (Å²) in [6, 6.07) is 5.94. The standard InChI is InChI=1S/C12H11Br2N3/c1-8-5-9(13)12(10(14)6-8)17-7-11-15-3-2-4-16-11/h2-6,17H,7H2,1H3. The Morgan fingerprint density at radius 2 is 1.71 bits per heavy atom. The molecule has 2 rings (SSSR count). The molecule has 0 aliphatic carbocycles. The van der Waals surface area contributed by atoms with E-state index in [-0.39, 0.29) is 0 Å². The second-order valence-electron chi connectivity index (χ2n) is 3.62. The molecule has 0 unspecified atom stereocenters. The molecule has 0 amide bonds. The summed E-state index contributed by atoms with van der Waals surface area (Å²) in [6.45, 7) is 2.65. The number of aryl methyl sites for hydroxylation is 1. The van der Waals surface area contributed by atoms with Crippen molar-refractivity contribution in [1.82, 2.24) is 9.97 Å². The molecule has 0 saturated heterocycles. The Hall–Kier alpha value is -0.940. The van der Waals surface area contributed by atoms with Gasteiger partial charge in [0.1, 0.15) is 5.82 Å². The third-order valence-electron chi connectivity index (χ3n) is 2.23. The van der Waals surface area contributed by atoms with Gasteiger partial charge < -0.3 is 5.32 Å². The summed E-state index contributed by atoms with van der Waals surface area (Å²) in [5, 5.41) is 3.31. The lowest BCUT2D eigenvalue weighted by molar-refractivity contribution is 0.946. The number of nitrogens with zero attached hydrogens (tertiary/aromatic N) is 2. The first-order chi connectivity index (χ1) is 8.16. The summed E-state index contributed by atoms with van der Waals surface area (Å²) in [5.74, 6) is 0.770. The SMILES string of the molecule is Cc1cc(Br)c(NCc2ncccn2)c(Br)c1. The smallest absolute Gasteiger partial charge is 0.147 e. The molecule has 0 spiro atoms. The van der Waals surface area contributed by atoms with E-state index >= 15 is 0 Å². The van der Waals surface area contributed by atoms with Gasteiger partial charge in [-0.3, -0.25) is 0 Å². The summed E-state index contributed by atoms with van der Waals surface area (Å²) in [7, 11) is 0. The molecule has 1 heterocycles. The van der Waals surface area contributed by atoms with E-state index in [4.69, 9.17) is 0 Å². The normalized spacial score (nSPS) is 10.3. The van der Waals surface area contributed by atoms with E-state index in [9.17, 15) is 0 Å². The Balaban J connectivity index is 2.15. The molecule has 0 aliphatic heterocycles.